The number of nitrogens with one attached hydrogen (secondary N) is 1. The number of hydrogen-bond donors (Lipinski definition) is 1. The first-order valence-corrected chi connectivity index (χ1v) is 10.3. The van der Waals surface area contributed by atoms with Crippen LogP contribution in [0.5, 0.6) is 5.75 Å². The van der Waals surface area contributed by atoms with Crippen LogP contribution in [-0.4, -0.2) is 62.2 Å². The molecular weight excluding hydrogens is 438 g/mol. The molecule has 152 valence electrons. The molecule has 0 aliphatic carbocycles. The zero-order chi connectivity index (χ0) is 20.2. The molecule has 2 aromatic carbocycles. The largest absolute Gasteiger partial charge is 0.477 e. The van der Waals surface area contributed by atoms with Crippen molar-refractivity contribution in [3.63, 3.8) is 0 Å². The Kier molecular flexibility index (Phi) is 6.01. The molecule has 0 bridgehead atoms. The Morgan fingerprint density at radius 3 is 2.59 bits per heavy atom. The maximum Gasteiger partial charge on any atom is 0.265 e. The van der Waals surface area contributed by atoms with Crippen molar-refractivity contribution >= 4 is 39.1 Å². The van der Waals surface area contributed by atoms with E-state index >= 15 is 0 Å². The predicted octanol–water partition coefficient (Wildman–Crippen LogP) is 2.51. The van der Waals surface area contributed by atoms with Crippen LogP contribution in [0.1, 0.15) is 0 Å². The number of halogens is 1. The van der Waals surface area contributed by atoms with Crippen molar-refractivity contribution in [2.75, 3.05) is 49.6 Å². The highest BCUT2D eigenvalue weighted by molar-refractivity contribution is 9.10. The van der Waals surface area contributed by atoms with Crippen LogP contribution < -0.4 is 15.0 Å². The third kappa shape index (κ3) is 4.54. The zero-order valence-corrected chi connectivity index (χ0v) is 17.4. The van der Waals surface area contributed by atoms with Crippen LogP contribution >= 0.6 is 15.9 Å². The number of nitrogens with zero attached hydrogens (tertiary/aromatic N) is 2. The molecule has 2 aliphatic heterocycles. The first-order valence-electron chi connectivity index (χ1n) is 9.53. The second-order valence-electron chi connectivity index (χ2n) is 6.92. The van der Waals surface area contributed by atoms with E-state index in [9.17, 15) is 9.59 Å². The molecule has 2 heterocycles. The van der Waals surface area contributed by atoms with Crippen molar-refractivity contribution in [2.24, 2.45) is 0 Å². The quantitative estimate of drug-likeness (QED) is 0.760. The highest BCUT2D eigenvalue weighted by atomic mass is 79.9. The van der Waals surface area contributed by atoms with Gasteiger partial charge in [0.2, 0.25) is 5.91 Å². The van der Waals surface area contributed by atoms with Crippen LogP contribution in [-0.2, 0) is 14.3 Å². The van der Waals surface area contributed by atoms with Crippen LogP contribution in [0.4, 0.5) is 11.4 Å². The summed E-state index contributed by atoms with van der Waals surface area (Å²) < 4.78 is 12.1. The second kappa shape index (κ2) is 8.84. The van der Waals surface area contributed by atoms with Crippen molar-refractivity contribution in [1.82, 2.24) is 4.90 Å². The molecule has 0 unspecified atom stereocenters. The number of amides is 2. The topological polar surface area (TPSA) is 71.1 Å². The number of para-hydroxylation sites is 3. The smallest absolute Gasteiger partial charge is 0.265 e. The first kappa shape index (κ1) is 19.7. The van der Waals surface area contributed by atoms with Crippen LogP contribution in [0.15, 0.2) is 53.0 Å². The van der Waals surface area contributed by atoms with Crippen LogP contribution in [0.2, 0.25) is 0 Å². The standard InChI is InChI=1S/C21H22BrN3O4/c22-15-5-1-2-6-16(15)23-20(26)14-25-13-19(21(27)24-9-11-28-12-10-24)29-18-8-4-3-7-17(18)25/h1-8,19H,9-14H2,(H,23,26)/t19-/m1/s1. The lowest BCUT2D eigenvalue weighted by Gasteiger charge is -2.38. The molecule has 2 amide bonds. The first-order chi connectivity index (χ1) is 14.1. The Balaban J connectivity index is 1.49. The fourth-order valence-corrected chi connectivity index (χ4v) is 3.88. The molecule has 4 rings (SSSR count). The summed E-state index contributed by atoms with van der Waals surface area (Å²) in [5.74, 6) is 0.379. The molecule has 1 fully saturated rings. The summed E-state index contributed by atoms with van der Waals surface area (Å²) in [4.78, 5) is 29.3. The second-order valence-corrected chi connectivity index (χ2v) is 7.77. The van der Waals surface area contributed by atoms with Crippen molar-refractivity contribution in [3.8, 4) is 5.75 Å². The molecule has 29 heavy (non-hydrogen) atoms. The minimum absolute atomic E-state index is 0.0704. The average Bonchev–Trinajstić information content (AvgIpc) is 2.75. The maximum atomic E-state index is 12.9. The summed E-state index contributed by atoms with van der Waals surface area (Å²) in [6.45, 7) is 2.62. The van der Waals surface area contributed by atoms with Crippen molar-refractivity contribution in [1.29, 1.82) is 0 Å². The number of rotatable bonds is 4. The predicted molar refractivity (Wildman–Crippen MR) is 113 cm³/mol. The number of benzene rings is 2. The Labute approximate surface area is 177 Å². The van der Waals surface area contributed by atoms with Gasteiger partial charge in [-0.15, -0.1) is 0 Å². The van der Waals surface area contributed by atoms with Crippen LogP contribution in [0.3, 0.4) is 0 Å². The number of carbonyl (C=O) groups excluding carboxylic acids is 2. The maximum absolute atomic E-state index is 12.9. The SMILES string of the molecule is O=C(CN1C[C@H](C(=O)N2CCOCC2)Oc2ccccc21)Nc1ccccc1Br. The van der Waals surface area contributed by atoms with Gasteiger partial charge in [0.15, 0.2) is 6.10 Å². The normalized spacial score (nSPS) is 18.6. The van der Waals surface area contributed by atoms with Gasteiger partial charge in [0.25, 0.3) is 5.91 Å². The van der Waals surface area contributed by atoms with Crippen LogP contribution in [0.25, 0.3) is 0 Å². The summed E-state index contributed by atoms with van der Waals surface area (Å²) >= 11 is 3.44. The van der Waals surface area contributed by atoms with E-state index in [1.165, 1.54) is 0 Å². The van der Waals surface area contributed by atoms with E-state index < -0.39 is 6.10 Å². The number of hydrogen-bond acceptors (Lipinski definition) is 5. The Morgan fingerprint density at radius 1 is 1.07 bits per heavy atom. The molecule has 1 atom stereocenters. The van der Waals surface area contributed by atoms with Gasteiger partial charge in [0.05, 0.1) is 37.7 Å². The van der Waals surface area contributed by atoms with E-state index in [0.29, 0.717) is 44.3 Å². The van der Waals surface area contributed by atoms with Crippen molar-refractivity contribution in [2.45, 2.75) is 6.10 Å². The highest BCUT2D eigenvalue weighted by Crippen LogP contribution is 2.33. The Morgan fingerprint density at radius 2 is 1.79 bits per heavy atom. The molecule has 2 aliphatic rings. The summed E-state index contributed by atoms with van der Waals surface area (Å²) in [6.07, 6.45) is -0.653. The van der Waals surface area contributed by atoms with E-state index in [0.717, 1.165) is 10.2 Å². The van der Waals surface area contributed by atoms with E-state index in [1.54, 1.807) is 4.90 Å². The van der Waals surface area contributed by atoms with Gasteiger partial charge in [-0.3, -0.25) is 9.59 Å². The number of fused-ring (bicyclic) bond motifs is 1. The van der Waals surface area contributed by atoms with E-state index in [4.69, 9.17) is 9.47 Å². The molecule has 8 heteroatoms. The summed E-state index contributed by atoms with van der Waals surface area (Å²) in [7, 11) is 0. The number of ether oxygens (including phenoxy) is 2. The van der Waals surface area contributed by atoms with E-state index in [-0.39, 0.29) is 18.4 Å². The monoisotopic (exact) mass is 459 g/mol. The Bertz CT molecular complexity index is 901. The Hall–Kier alpha value is -2.58. The summed E-state index contributed by atoms with van der Waals surface area (Å²) in [6, 6.07) is 14.9. The minimum atomic E-state index is -0.653. The fourth-order valence-electron chi connectivity index (χ4n) is 3.50. The lowest BCUT2D eigenvalue weighted by molar-refractivity contribution is -0.142. The fraction of sp³-hybridized carbons (Fsp3) is 0.333. The lowest BCUT2D eigenvalue weighted by atomic mass is 10.1. The van der Waals surface area contributed by atoms with Crippen molar-refractivity contribution < 1.29 is 19.1 Å². The van der Waals surface area contributed by atoms with Gasteiger partial charge in [-0.2, -0.15) is 0 Å². The van der Waals surface area contributed by atoms with E-state index in [1.807, 2.05) is 53.4 Å². The van der Waals surface area contributed by atoms with Gasteiger partial charge in [-0.25, -0.2) is 0 Å². The number of morpholine rings is 1. The van der Waals surface area contributed by atoms with Crippen molar-refractivity contribution in [3.05, 3.63) is 53.0 Å². The third-order valence-electron chi connectivity index (χ3n) is 4.94. The van der Waals surface area contributed by atoms with Gasteiger partial charge in [0.1, 0.15) is 5.75 Å². The molecular formula is C21H22BrN3O4. The lowest BCUT2D eigenvalue weighted by Crippen LogP contribution is -2.53. The molecule has 1 saturated heterocycles. The van der Waals surface area contributed by atoms with Gasteiger partial charge in [0, 0.05) is 17.6 Å². The van der Waals surface area contributed by atoms with Gasteiger partial charge in [-0.05, 0) is 40.2 Å². The minimum Gasteiger partial charge on any atom is -0.477 e. The zero-order valence-electron chi connectivity index (χ0n) is 15.8. The molecule has 0 saturated carbocycles. The van der Waals surface area contributed by atoms with Crippen LogP contribution in [0, 0.1) is 0 Å². The third-order valence-corrected chi connectivity index (χ3v) is 5.63. The average molecular weight is 460 g/mol. The highest BCUT2D eigenvalue weighted by Gasteiger charge is 2.34. The number of carbonyl (C=O) groups is 2. The molecule has 7 nitrogen and oxygen atoms in total. The van der Waals surface area contributed by atoms with E-state index in [2.05, 4.69) is 21.2 Å². The van der Waals surface area contributed by atoms with Gasteiger partial charge in [-0.1, -0.05) is 24.3 Å². The molecule has 1 N–H and O–H groups in total. The molecule has 2 aromatic rings. The molecule has 0 radical (unpaired) electrons. The molecule has 0 aromatic heterocycles. The van der Waals surface area contributed by atoms with Gasteiger partial charge < -0.3 is 24.6 Å². The number of anilines is 2. The summed E-state index contributed by atoms with van der Waals surface area (Å²) in [5.41, 5.74) is 1.51. The summed E-state index contributed by atoms with van der Waals surface area (Å²) in [5, 5.41) is 2.92. The molecule has 0 spiro atoms. The van der Waals surface area contributed by atoms with Gasteiger partial charge >= 0.3 is 0 Å².